The number of halogens is 1. The van der Waals surface area contributed by atoms with Crippen molar-refractivity contribution in [2.24, 2.45) is 0 Å². The number of pyridine rings is 1. The van der Waals surface area contributed by atoms with Crippen LogP contribution in [0.3, 0.4) is 0 Å². The third kappa shape index (κ3) is 1.64. The molecule has 1 N–H and O–H groups in total. The zero-order chi connectivity index (χ0) is 11.0. The topological polar surface area (TPSA) is 102 Å². The summed E-state index contributed by atoms with van der Waals surface area (Å²) in [7, 11) is 0. The molecule has 0 atom stereocenters. The molecule has 0 radical (unpaired) electrons. The van der Waals surface area contributed by atoms with Crippen molar-refractivity contribution in [3.8, 4) is 0 Å². The Morgan fingerprint density at radius 3 is 2.93 bits per heavy atom. The molecule has 15 heavy (non-hydrogen) atoms. The van der Waals surface area contributed by atoms with Crippen LogP contribution in [0.15, 0.2) is 17.1 Å². The normalized spacial score (nSPS) is 10.5. The maximum Gasteiger partial charge on any atom is 0.334 e. The lowest BCUT2D eigenvalue weighted by Crippen LogP contribution is -2.11. The second-order valence-electron chi connectivity index (χ2n) is 2.68. The van der Waals surface area contributed by atoms with Crippen molar-refractivity contribution in [3.63, 3.8) is 0 Å². The molecule has 7 nitrogen and oxygen atoms in total. The Morgan fingerprint density at radius 1 is 1.53 bits per heavy atom. The van der Waals surface area contributed by atoms with Crippen molar-refractivity contribution in [2.45, 2.75) is 0 Å². The molecule has 2 heterocycles. The molecule has 2 aromatic heterocycles. The van der Waals surface area contributed by atoms with Crippen LogP contribution in [0, 0.1) is 10.1 Å². The Morgan fingerprint density at radius 2 is 2.27 bits per heavy atom. The smallest absolute Gasteiger partial charge is 0.300 e. The number of nitrogens with zero attached hydrogens (tertiary/aromatic N) is 3. The summed E-state index contributed by atoms with van der Waals surface area (Å²) in [6, 6.07) is 1.10. The number of hydrogen-bond donors (Lipinski definition) is 1. The van der Waals surface area contributed by atoms with Gasteiger partial charge in [-0.15, -0.1) is 0 Å². The largest absolute Gasteiger partial charge is 0.334 e. The standard InChI is InChI=1S/C7H3ClN4O3/c8-7-9-2-3-1-4(12(14)15)6(13)10-5(3)11-7/h1-2H,(H,9,10,11,13). The average molecular weight is 227 g/mol. The van der Waals surface area contributed by atoms with Crippen LogP contribution in [0.1, 0.15) is 0 Å². The molecule has 0 fully saturated rings. The number of aromatic amines is 1. The van der Waals surface area contributed by atoms with E-state index >= 15 is 0 Å². The lowest BCUT2D eigenvalue weighted by atomic mass is 10.3. The number of aromatic nitrogens is 3. The first-order chi connectivity index (χ1) is 7.08. The van der Waals surface area contributed by atoms with E-state index in [0.717, 1.165) is 6.07 Å². The van der Waals surface area contributed by atoms with Crippen molar-refractivity contribution in [1.29, 1.82) is 0 Å². The molecule has 76 valence electrons. The molecular weight excluding hydrogens is 224 g/mol. The Bertz CT molecular complexity index is 609. The maximum absolute atomic E-state index is 11.2. The summed E-state index contributed by atoms with van der Waals surface area (Å²) in [5, 5.41) is 10.8. The fourth-order valence-electron chi connectivity index (χ4n) is 1.10. The van der Waals surface area contributed by atoms with Crippen molar-refractivity contribution in [2.75, 3.05) is 0 Å². The van der Waals surface area contributed by atoms with Gasteiger partial charge in [-0.05, 0) is 11.6 Å². The Kier molecular flexibility index (Phi) is 2.09. The highest BCUT2D eigenvalue weighted by atomic mass is 35.5. The van der Waals surface area contributed by atoms with Gasteiger partial charge in [0.15, 0.2) is 0 Å². The highest BCUT2D eigenvalue weighted by molar-refractivity contribution is 6.28. The summed E-state index contributed by atoms with van der Waals surface area (Å²) in [4.78, 5) is 30.5. The number of hydrogen-bond acceptors (Lipinski definition) is 5. The quantitative estimate of drug-likeness (QED) is 0.442. The Balaban J connectivity index is 2.82. The van der Waals surface area contributed by atoms with E-state index in [1.165, 1.54) is 6.20 Å². The monoisotopic (exact) mass is 226 g/mol. The predicted octanol–water partition coefficient (Wildman–Crippen LogP) is 0.880. The summed E-state index contributed by atoms with van der Waals surface area (Å²) in [6.07, 6.45) is 1.30. The molecule has 2 rings (SSSR count). The fraction of sp³-hybridized carbons (Fsp3) is 0. The molecule has 0 aromatic carbocycles. The molecule has 2 aromatic rings. The highest BCUT2D eigenvalue weighted by Gasteiger charge is 2.13. The second-order valence-corrected chi connectivity index (χ2v) is 3.02. The minimum absolute atomic E-state index is 0.0352. The van der Waals surface area contributed by atoms with Crippen molar-refractivity contribution in [1.82, 2.24) is 15.0 Å². The summed E-state index contributed by atoms with van der Waals surface area (Å²) < 4.78 is 0. The summed E-state index contributed by atoms with van der Waals surface area (Å²) >= 11 is 5.50. The summed E-state index contributed by atoms with van der Waals surface area (Å²) in [6.45, 7) is 0. The van der Waals surface area contributed by atoms with Crippen molar-refractivity contribution < 1.29 is 4.92 Å². The molecule has 0 amide bonds. The van der Waals surface area contributed by atoms with Gasteiger partial charge in [-0.1, -0.05) is 0 Å². The molecule has 0 aliphatic carbocycles. The first-order valence-corrected chi connectivity index (χ1v) is 4.15. The van der Waals surface area contributed by atoms with E-state index < -0.39 is 16.2 Å². The van der Waals surface area contributed by atoms with Crippen LogP contribution in [-0.2, 0) is 0 Å². The van der Waals surface area contributed by atoms with E-state index in [1.807, 2.05) is 0 Å². The summed E-state index contributed by atoms with van der Waals surface area (Å²) in [5.74, 6) is 0. The van der Waals surface area contributed by atoms with Gasteiger partial charge in [0.2, 0.25) is 5.28 Å². The van der Waals surface area contributed by atoms with Gasteiger partial charge < -0.3 is 4.98 Å². The molecule has 0 saturated heterocycles. The van der Waals surface area contributed by atoms with Crippen LogP contribution in [0.25, 0.3) is 11.0 Å². The molecule has 0 saturated carbocycles. The zero-order valence-corrected chi connectivity index (χ0v) is 7.85. The van der Waals surface area contributed by atoms with Gasteiger partial charge in [0, 0.05) is 17.6 Å². The third-order valence-electron chi connectivity index (χ3n) is 1.74. The van der Waals surface area contributed by atoms with Gasteiger partial charge in [0.1, 0.15) is 5.65 Å². The van der Waals surface area contributed by atoms with Gasteiger partial charge in [-0.2, -0.15) is 4.98 Å². The van der Waals surface area contributed by atoms with E-state index in [0.29, 0.717) is 5.39 Å². The first-order valence-electron chi connectivity index (χ1n) is 3.78. The molecule has 0 unspecified atom stereocenters. The van der Waals surface area contributed by atoms with Crippen LogP contribution in [0.4, 0.5) is 5.69 Å². The lowest BCUT2D eigenvalue weighted by Gasteiger charge is -1.96. The molecule has 0 spiro atoms. The van der Waals surface area contributed by atoms with E-state index in [9.17, 15) is 14.9 Å². The minimum atomic E-state index is -0.817. The Hall–Kier alpha value is -2.02. The van der Waals surface area contributed by atoms with Crippen LogP contribution < -0.4 is 5.56 Å². The SMILES string of the molecule is O=c1[nH]c2nc(Cl)ncc2cc1[N+](=O)[O-]. The van der Waals surface area contributed by atoms with Gasteiger partial charge in [-0.25, -0.2) is 4.98 Å². The highest BCUT2D eigenvalue weighted by Crippen LogP contribution is 2.13. The number of H-pyrrole nitrogens is 1. The number of nitrogens with one attached hydrogen (secondary N) is 1. The second kappa shape index (κ2) is 3.28. The van der Waals surface area contributed by atoms with Crippen molar-refractivity contribution in [3.05, 3.63) is 38.0 Å². The number of rotatable bonds is 1. The zero-order valence-electron chi connectivity index (χ0n) is 7.10. The van der Waals surface area contributed by atoms with Crippen LogP contribution in [0.2, 0.25) is 5.28 Å². The van der Waals surface area contributed by atoms with Crippen LogP contribution in [-0.4, -0.2) is 19.9 Å². The number of fused-ring (bicyclic) bond motifs is 1. The molecule has 8 heteroatoms. The molecule has 0 aliphatic heterocycles. The Labute approximate surface area is 86.9 Å². The van der Waals surface area contributed by atoms with E-state index in [1.54, 1.807) is 0 Å². The van der Waals surface area contributed by atoms with Gasteiger partial charge >= 0.3 is 11.2 Å². The van der Waals surface area contributed by atoms with Gasteiger partial charge in [0.05, 0.1) is 4.92 Å². The third-order valence-corrected chi connectivity index (χ3v) is 1.92. The molecular formula is C7H3ClN4O3. The predicted molar refractivity (Wildman–Crippen MR) is 51.8 cm³/mol. The van der Waals surface area contributed by atoms with Crippen LogP contribution in [0.5, 0.6) is 0 Å². The average Bonchev–Trinajstić information content (AvgIpc) is 2.15. The molecule has 0 bridgehead atoms. The lowest BCUT2D eigenvalue weighted by molar-refractivity contribution is -0.386. The van der Waals surface area contributed by atoms with Crippen LogP contribution >= 0.6 is 11.6 Å². The first kappa shape index (κ1) is 9.53. The van der Waals surface area contributed by atoms with E-state index in [4.69, 9.17) is 11.6 Å². The van der Waals surface area contributed by atoms with E-state index in [2.05, 4.69) is 15.0 Å². The number of nitro groups is 1. The van der Waals surface area contributed by atoms with Gasteiger partial charge in [-0.3, -0.25) is 14.9 Å². The van der Waals surface area contributed by atoms with Gasteiger partial charge in [0.25, 0.3) is 0 Å². The van der Waals surface area contributed by atoms with Crippen molar-refractivity contribution >= 4 is 28.3 Å². The molecule has 0 aliphatic rings. The fourth-order valence-corrected chi connectivity index (χ4v) is 1.23. The minimum Gasteiger partial charge on any atom is -0.300 e. The van der Waals surface area contributed by atoms with E-state index in [-0.39, 0.29) is 10.9 Å². The summed E-state index contributed by atoms with van der Waals surface area (Å²) in [5.41, 5.74) is -1.19. The maximum atomic E-state index is 11.2.